The van der Waals surface area contributed by atoms with E-state index in [1.165, 1.54) is 6.07 Å². The summed E-state index contributed by atoms with van der Waals surface area (Å²) in [6, 6.07) is 6.72. The Labute approximate surface area is 151 Å². The van der Waals surface area contributed by atoms with Crippen LogP contribution in [0.3, 0.4) is 0 Å². The summed E-state index contributed by atoms with van der Waals surface area (Å²) < 4.78 is 64.9. The van der Waals surface area contributed by atoms with E-state index >= 15 is 0 Å². The van der Waals surface area contributed by atoms with Crippen molar-refractivity contribution in [2.45, 2.75) is 19.5 Å². The minimum Gasteiger partial charge on any atom is -0.326 e. The van der Waals surface area contributed by atoms with Gasteiger partial charge in [0.1, 0.15) is 11.6 Å². The van der Waals surface area contributed by atoms with E-state index in [9.17, 15) is 31.5 Å². The third-order valence-corrected chi connectivity index (χ3v) is 3.62. The van der Waals surface area contributed by atoms with Crippen LogP contribution in [-0.4, -0.2) is 18.4 Å². The molecular formula is C18H15F5N2O2. The number of nitrogens with zero attached hydrogens (tertiary/aromatic N) is 1. The maximum atomic E-state index is 13.8. The number of hydrogen-bond acceptors (Lipinski definition) is 2. The highest BCUT2D eigenvalue weighted by molar-refractivity contribution is 5.94. The monoisotopic (exact) mass is 386 g/mol. The molecule has 0 aliphatic heterocycles. The summed E-state index contributed by atoms with van der Waals surface area (Å²) in [6.45, 7) is 0.913. The van der Waals surface area contributed by atoms with Gasteiger partial charge < -0.3 is 10.2 Å². The smallest absolute Gasteiger partial charge is 0.326 e. The van der Waals surface area contributed by atoms with E-state index in [0.717, 1.165) is 42.2 Å². The van der Waals surface area contributed by atoms with Crippen molar-refractivity contribution in [3.8, 4) is 0 Å². The van der Waals surface area contributed by atoms with Crippen molar-refractivity contribution in [3.05, 3.63) is 59.7 Å². The number of carbonyl (C=O) groups excluding carboxylic acids is 2. The summed E-state index contributed by atoms with van der Waals surface area (Å²) in [5, 5.41) is 2.29. The molecule has 2 aromatic carbocycles. The van der Waals surface area contributed by atoms with Crippen molar-refractivity contribution in [1.82, 2.24) is 0 Å². The van der Waals surface area contributed by atoms with Gasteiger partial charge in [0.05, 0.1) is 11.3 Å². The molecule has 2 amide bonds. The first-order chi connectivity index (χ1) is 12.6. The van der Waals surface area contributed by atoms with Crippen molar-refractivity contribution in [2.24, 2.45) is 0 Å². The van der Waals surface area contributed by atoms with Crippen LogP contribution >= 0.6 is 0 Å². The molecule has 0 atom stereocenters. The largest absolute Gasteiger partial charge is 0.416 e. The summed E-state index contributed by atoms with van der Waals surface area (Å²) in [5.74, 6) is -3.03. The molecule has 2 rings (SSSR count). The van der Waals surface area contributed by atoms with E-state index in [0.29, 0.717) is 6.07 Å². The highest BCUT2D eigenvalue weighted by Crippen LogP contribution is 2.30. The third kappa shape index (κ3) is 5.50. The fourth-order valence-electron chi connectivity index (χ4n) is 2.36. The molecule has 0 bridgehead atoms. The number of alkyl halides is 3. The molecule has 0 saturated heterocycles. The Morgan fingerprint density at radius 1 is 1.07 bits per heavy atom. The van der Waals surface area contributed by atoms with Crippen LogP contribution in [0.15, 0.2) is 42.5 Å². The Morgan fingerprint density at radius 2 is 1.78 bits per heavy atom. The van der Waals surface area contributed by atoms with Crippen molar-refractivity contribution in [3.63, 3.8) is 0 Å². The van der Waals surface area contributed by atoms with Crippen molar-refractivity contribution >= 4 is 23.2 Å². The Balaban J connectivity index is 2.05. The Kier molecular flexibility index (Phi) is 6.14. The van der Waals surface area contributed by atoms with E-state index in [1.54, 1.807) is 0 Å². The highest BCUT2D eigenvalue weighted by atomic mass is 19.4. The van der Waals surface area contributed by atoms with E-state index < -0.39 is 35.2 Å². The fraction of sp³-hybridized carbons (Fsp3) is 0.222. The van der Waals surface area contributed by atoms with Gasteiger partial charge in [0, 0.05) is 31.6 Å². The number of anilines is 2. The first-order valence-corrected chi connectivity index (χ1v) is 7.78. The maximum absolute atomic E-state index is 13.8. The average Bonchev–Trinajstić information content (AvgIpc) is 2.56. The molecule has 0 heterocycles. The normalized spacial score (nSPS) is 11.2. The van der Waals surface area contributed by atoms with Gasteiger partial charge in [-0.15, -0.1) is 0 Å². The maximum Gasteiger partial charge on any atom is 0.416 e. The third-order valence-electron chi connectivity index (χ3n) is 3.62. The van der Waals surface area contributed by atoms with E-state index in [-0.39, 0.29) is 24.3 Å². The number of halogens is 5. The van der Waals surface area contributed by atoms with Gasteiger partial charge in [-0.1, -0.05) is 6.07 Å². The Bertz CT molecular complexity index is 852. The summed E-state index contributed by atoms with van der Waals surface area (Å²) in [5.41, 5.74) is -1.17. The molecule has 0 radical (unpaired) electrons. The zero-order valence-corrected chi connectivity index (χ0v) is 14.1. The minimum absolute atomic E-state index is 0.0582. The zero-order valence-electron chi connectivity index (χ0n) is 14.1. The number of nitrogens with one attached hydrogen (secondary N) is 1. The topological polar surface area (TPSA) is 49.4 Å². The summed E-state index contributed by atoms with van der Waals surface area (Å²) in [6.07, 6.45) is -4.85. The minimum atomic E-state index is -4.55. The molecule has 0 aromatic heterocycles. The van der Waals surface area contributed by atoms with Crippen LogP contribution < -0.4 is 10.2 Å². The van der Waals surface area contributed by atoms with Gasteiger partial charge in [-0.3, -0.25) is 9.59 Å². The average molecular weight is 386 g/mol. The van der Waals surface area contributed by atoms with Crippen LogP contribution in [0.1, 0.15) is 18.9 Å². The molecule has 9 heteroatoms. The summed E-state index contributed by atoms with van der Waals surface area (Å²) >= 11 is 0. The predicted octanol–water partition coefficient (Wildman–Crippen LogP) is 4.37. The van der Waals surface area contributed by atoms with Gasteiger partial charge in [-0.25, -0.2) is 8.78 Å². The Morgan fingerprint density at radius 3 is 2.37 bits per heavy atom. The molecular weight excluding hydrogens is 371 g/mol. The number of carbonyl (C=O) groups is 2. The SMILES string of the molecule is CC(=O)N(CCC(=O)Nc1cccc(C(F)(F)F)c1)c1ccc(F)cc1F. The fourth-order valence-corrected chi connectivity index (χ4v) is 2.36. The molecule has 1 N–H and O–H groups in total. The van der Waals surface area contributed by atoms with Crippen LogP contribution in [0.2, 0.25) is 0 Å². The van der Waals surface area contributed by atoms with Gasteiger partial charge in [0.2, 0.25) is 11.8 Å². The molecule has 0 aliphatic carbocycles. The van der Waals surface area contributed by atoms with Crippen molar-refractivity contribution in [1.29, 1.82) is 0 Å². The van der Waals surface area contributed by atoms with Gasteiger partial charge in [0.15, 0.2) is 0 Å². The van der Waals surface area contributed by atoms with Crippen LogP contribution in [0.5, 0.6) is 0 Å². The lowest BCUT2D eigenvalue weighted by Gasteiger charge is -2.21. The predicted molar refractivity (Wildman–Crippen MR) is 89.1 cm³/mol. The number of benzene rings is 2. The van der Waals surface area contributed by atoms with Gasteiger partial charge in [0.25, 0.3) is 0 Å². The second-order valence-corrected chi connectivity index (χ2v) is 5.64. The lowest BCUT2D eigenvalue weighted by Crippen LogP contribution is -2.32. The molecule has 0 unspecified atom stereocenters. The summed E-state index contributed by atoms with van der Waals surface area (Å²) in [4.78, 5) is 24.6. The zero-order chi connectivity index (χ0) is 20.2. The Hall–Kier alpha value is -2.97. The second-order valence-electron chi connectivity index (χ2n) is 5.64. The molecule has 0 fully saturated rings. The molecule has 144 valence electrons. The number of amides is 2. The molecule has 4 nitrogen and oxygen atoms in total. The number of rotatable bonds is 5. The van der Waals surface area contributed by atoms with Gasteiger partial charge in [-0.05, 0) is 30.3 Å². The van der Waals surface area contributed by atoms with E-state index in [4.69, 9.17) is 0 Å². The van der Waals surface area contributed by atoms with Crippen LogP contribution in [0, 0.1) is 11.6 Å². The lowest BCUT2D eigenvalue weighted by molar-refractivity contribution is -0.137. The van der Waals surface area contributed by atoms with Crippen molar-refractivity contribution in [2.75, 3.05) is 16.8 Å². The van der Waals surface area contributed by atoms with Crippen LogP contribution in [0.25, 0.3) is 0 Å². The first-order valence-electron chi connectivity index (χ1n) is 7.78. The number of hydrogen-bond donors (Lipinski definition) is 1. The molecule has 0 aliphatic rings. The second kappa shape index (κ2) is 8.15. The van der Waals surface area contributed by atoms with Crippen LogP contribution in [-0.2, 0) is 15.8 Å². The van der Waals surface area contributed by atoms with Crippen LogP contribution in [0.4, 0.5) is 33.3 Å². The quantitative estimate of drug-likeness (QED) is 0.776. The van der Waals surface area contributed by atoms with E-state index in [2.05, 4.69) is 5.32 Å². The van der Waals surface area contributed by atoms with Gasteiger partial charge in [-0.2, -0.15) is 13.2 Å². The lowest BCUT2D eigenvalue weighted by atomic mass is 10.2. The summed E-state index contributed by atoms with van der Waals surface area (Å²) in [7, 11) is 0. The molecule has 2 aromatic rings. The van der Waals surface area contributed by atoms with Gasteiger partial charge >= 0.3 is 6.18 Å². The molecule has 0 saturated carbocycles. The molecule has 0 spiro atoms. The first kappa shape index (κ1) is 20.3. The highest BCUT2D eigenvalue weighted by Gasteiger charge is 2.30. The van der Waals surface area contributed by atoms with E-state index in [1.807, 2.05) is 0 Å². The standard InChI is InChI=1S/C18H15F5N2O2/c1-11(26)25(16-6-5-13(19)10-15(16)20)8-7-17(27)24-14-4-2-3-12(9-14)18(21,22)23/h2-6,9-10H,7-8H2,1H3,(H,24,27). The van der Waals surface area contributed by atoms with Crippen molar-refractivity contribution < 1.29 is 31.5 Å². The molecule has 27 heavy (non-hydrogen) atoms.